The highest BCUT2D eigenvalue weighted by molar-refractivity contribution is 6.32. The summed E-state index contributed by atoms with van der Waals surface area (Å²) >= 11 is 5.94. The predicted molar refractivity (Wildman–Crippen MR) is 67.0 cm³/mol. The molecule has 16 heavy (non-hydrogen) atoms. The fourth-order valence-electron chi connectivity index (χ4n) is 1.16. The molecule has 0 unspecified atom stereocenters. The number of anilines is 1. The molecule has 0 saturated heterocycles. The predicted octanol–water partition coefficient (Wildman–Crippen LogP) is 2.97. The van der Waals surface area contributed by atoms with Gasteiger partial charge in [0.05, 0.1) is 11.6 Å². The Kier molecular flexibility index (Phi) is 5.43. The molecule has 1 rings (SSSR count). The van der Waals surface area contributed by atoms with E-state index in [2.05, 4.69) is 13.8 Å². The van der Waals surface area contributed by atoms with Gasteiger partial charge in [-0.05, 0) is 18.1 Å². The molecule has 1 aromatic rings. The van der Waals surface area contributed by atoms with Crippen LogP contribution in [0.1, 0.15) is 13.8 Å². The minimum absolute atomic E-state index is 0.482. The third-order valence-electron chi connectivity index (χ3n) is 1.89. The van der Waals surface area contributed by atoms with Crippen LogP contribution in [0.25, 0.3) is 0 Å². The summed E-state index contributed by atoms with van der Waals surface area (Å²) in [6, 6.07) is 5.18. The van der Waals surface area contributed by atoms with Crippen molar-refractivity contribution >= 4 is 17.3 Å². The highest BCUT2D eigenvalue weighted by Gasteiger charge is 2.01. The first kappa shape index (κ1) is 13.1. The van der Waals surface area contributed by atoms with Crippen molar-refractivity contribution in [2.45, 2.75) is 13.8 Å². The molecule has 0 aromatic heterocycles. The van der Waals surface area contributed by atoms with Gasteiger partial charge in [0.15, 0.2) is 0 Å². The second-order valence-corrected chi connectivity index (χ2v) is 4.41. The van der Waals surface area contributed by atoms with E-state index in [0.29, 0.717) is 35.6 Å². The van der Waals surface area contributed by atoms with Gasteiger partial charge in [-0.2, -0.15) is 0 Å². The third kappa shape index (κ3) is 4.73. The Labute approximate surface area is 101 Å². The van der Waals surface area contributed by atoms with E-state index >= 15 is 0 Å². The van der Waals surface area contributed by atoms with Crippen molar-refractivity contribution in [3.05, 3.63) is 23.2 Å². The normalized spacial score (nSPS) is 10.8. The fraction of sp³-hybridized carbons (Fsp3) is 0.500. The van der Waals surface area contributed by atoms with Gasteiger partial charge < -0.3 is 15.2 Å². The minimum Gasteiger partial charge on any atom is -0.490 e. The lowest BCUT2D eigenvalue weighted by Crippen LogP contribution is -2.10. The van der Waals surface area contributed by atoms with Crippen molar-refractivity contribution < 1.29 is 9.47 Å². The largest absolute Gasteiger partial charge is 0.490 e. The lowest BCUT2D eigenvalue weighted by atomic mass is 10.2. The molecule has 0 heterocycles. The molecule has 0 radical (unpaired) electrons. The Morgan fingerprint density at radius 3 is 2.75 bits per heavy atom. The zero-order valence-corrected chi connectivity index (χ0v) is 10.5. The van der Waals surface area contributed by atoms with E-state index in [1.807, 2.05) is 0 Å². The molecule has 0 aliphatic carbocycles. The average Bonchev–Trinajstić information content (AvgIpc) is 2.22. The van der Waals surface area contributed by atoms with Crippen molar-refractivity contribution in [2.24, 2.45) is 5.92 Å². The zero-order chi connectivity index (χ0) is 12.0. The summed E-state index contributed by atoms with van der Waals surface area (Å²) in [7, 11) is 0. The van der Waals surface area contributed by atoms with Crippen LogP contribution in [0.3, 0.4) is 0 Å². The average molecular weight is 244 g/mol. The monoisotopic (exact) mass is 243 g/mol. The van der Waals surface area contributed by atoms with Crippen LogP contribution < -0.4 is 10.5 Å². The second-order valence-electron chi connectivity index (χ2n) is 4.01. The number of nitrogen functional groups attached to an aromatic ring is 1. The Morgan fingerprint density at radius 2 is 2.06 bits per heavy atom. The van der Waals surface area contributed by atoms with E-state index in [4.69, 9.17) is 26.8 Å². The second kappa shape index (κ2) is 6.61. The molecule has 1 aromatic carbocycles. The quantitative estimate of drug-likeness (QED) is 0.617. The number of hydrogen-bond acceptors (Lipinski definition) is 3. The van der Waals surface area contributed by atoms with E-state index in [-0.39, 0.29) is 0 Å². The molecule has 0 aliphatic rings. The SMILES string of the molecule is CC(C)COCCOc1cc(N)ccc1Cl. The van der Waals surface area contributed by atoms with E-state index in [0.717, 1.165) is 6.61 Å². The smallest absolute Gasteiger partial charge is 0.140 e. The maximum Gasteiger partial charge on any atom is 0.140 e. The van der Waals surface area contributed by atoms with Gasteiger partial charge in [0.1, 0.15) is 12.4 Å². The van der Waals surface area contributed by atoms with Gasteiger partial charge in [-0.3, -0.25) is 0 Å². The Morgan fingerprint density at radius 1 is 1.31 bits per heavy atom. The molecule has 0 bridgehead atoms. The van der Waals surface area contributed by atoms with Crippen molar-refractivity contribution in [1.29, 1.82) is 0 Å². The van der Waals surface area contributed by atoms with Crippen LogP contribution in [-0.2, 0) is 4.74 Å². The van der Waals surface area contributed by atoms with E-state index in [9.17, 15) is 0 Å². The highest BCUT2D eigenvalue weighted by atomic mass is 35.5. The number of ether oxygens (including phenoxy) is 2. The molecule has 90 valence electrons. The summed E-state index contributed by atoms with van der Waals surface area (Å²) in [6.45, 7) is 6.00. The first-order chi connectivity index (χ1) is 7.59. The molecule has 0 fully saturated rings. The summed E-state index contributed by atoms with van der Waals surface area (Å²) in [5, 5.41) is 0.568. The molecule has 2 N–H and O–H groups in total. The summed E-state index contributed by atoms with van der Waals surface area (Å²) in [5.41, 5.74) is 6.27. The van der Waals surface area contributed by atoms with Crippen molar-refractivity contribution in [1.82, 2.24) is 0 Å². The topological polar surface area (TPSA) is 44.5 Å². The Hall–Kier alpha value is -0.930. The van der Waals surface area contributed by atoms with Gasteiger partial charge in [0.2, 0.25) is 0 Å². The lowest BCUT2D eigenvalue weighted by Gasteiger charge is -2.10. The summed E-state index contributed by atoms with van der Waals surface area (Å²) in [5.74, 6) is 1.14. The van der Waals surface area contributed by atoms with Gasteiger partial charge in [0, 0.05) is 18.4 Å². The van der Waals surface area contributed by atoms with Crippen molar-refractivity contribution in [3.63, 3.8) is 0 Å². The van der Waals surface area contributed by atoms with Gasteiger partial charge in [-0.1, -0.05) is 25.4 Å². The number of halogens is 1. The van der Waals surface area contributed by atoms with Crippen molar-refractivity contribution in [2.75, 3.05) is 25.6 Å². The lowest BCUT2D eigenvalue weighted by molar-refractivity contribution is 0.0819. The molecule has 0 atom stereocenters. The van der Waals surface area contributed by atoms with E-state index < -0.39 is 0 Å². The number of nitrogens with two attached hydrogens (primary N) is 1. The van der Waals surface area contributed by atoms with Gasteiger partial charge >= 0.3 is 0 Å². The molecule has 3 nitrogen and oxygen atoms in total. The van der Waals surface area contributed by atoms with Gasteiger partial charge in [-0.15, -0.1) is 0 Å². The molecule has 0 amide bonds. The van der Waals surface area contributed by atoms with Crippen LogP contribution in [-0.4, -0.2) is 19.8 Å². The Bertz CT molecular complexity index is 329. The van der Waals surface area contributed by atoms with Gasteiger partial charge in [0.25, 0.3) is 0 Å². The molecule has 0 spiro atoms. The molecule has 0 aliphatic heterocycles. The first-order valence-electron chi connectivity index (χ1n) is 5.35. The highest BCUT2D eigenvalue weighted by Crippen LogP contribution is 2.26. The Balaban J connectivity index is 2.29. The van der Waals surface area contributed by atoms with Crippen LogP contribution in [0.5, 0.6) is 5.75 Å². The fourth-order valence-corrected chi connectivity index (χ4v) is 1.33. The minimum atomic E-state index is 0.482. The summed E-state index contributed by atoms with van der Waals surface area (Å²) in [4.78, 5) is 0. The summed E-state index contributed by atoms with van der Waals surface area (Å²) < 4.78 is 10.9. The molecule has 4 heteroatoms. The first-order valence-corrected chi connectivity index (χ1v) is 5.73. The zero-order valence-electron chi connectivity index (χ0n) is 9.70. The third-order valence-corrected chi connectivity index (χ3v) is 2.20. The standard InChI is InChI=1S/C12H18ClNO2/c1-9(2)8-15-5-6-16-12-7-10(14)3-4-11(12)13/h3-4,7,9H,5-6,8,14H2,1-2H3. The van der Waals surface area contributed by atoms with Crippen molar-refractivity contribution in [3.8, 4) is 5.75 Å². The molecular formula is C12H18ClNO2. The van der Waals surface area contributed by atoms with Gasteiger partial charge in [-0.25, -0.2) is 0 Å². The maximum absolute atomic E-state index is 5.94. The number of hydrogen-bond donors (Lipinski definition) is 1. The van der Waals surface area contributed by atoms with E-state index in [1.54, 1.807) is 18.2 Å². The number of rotatable bonds is 6. The van der Waals surface area contributed by atoms with E-state index in [1.165, 1.54) is 0 Å². The summed E-state index contributed by atoms with van der Waals surface area (Å²) in [6.07, 6.45) is 0. The van der Waals surface area contributed by atoms with Crippen LogP contribution >= 0.6 is 11.6 Å². The maximum atomic E-state index is 5.94. The molecule has 0 saturated carbocycles. The number of benzene rings is 1. The van der Waals surface area contributed by atoms with Crippen LogP contribution in [0.2, 0.25) is 5.02 Å². The van der Waals surface area contributed by atoms with Crippen LogP contribution in [0.15, 0.2) is 18.2 Å². The van der Waals surface area contributed by atoms with Crippen LogP contribution in [0.4, 0.5) is 5.69 Å². The molecular weight excluding hydrogens is 226 g/mol. The van der Waals surface area contributed by atoms with Crippen LogP contribution in [0, 0.1) is 5.92 Å².